The second-order valence-electron chi connectivity index (χ2n) is 9.05. The maximum atomic E-state index is 14.7. The Morgan fingerprint density at radius 1 is 1.22 bits per heavy atom. The Morgan fingerprint density at radius 3 is 2.75 bits per heavy atom. The fourth-order valence-corrected chi connectivity index (χ4v) is 5.89. The van der Waals surface area contributed by atoms with E-state index < -0.39 is 5.41 Å². The summed E-state index contributed by atoms with van der Waals surface area (Å²) in [5.74, 6) is -0.623. The Kier molecular flexibility index (Phi) is 3.87. The molecule has 0 saturated heterocycles. The summed E-state index contributed by atoms with van der Waals surface area (Å²) < 4.78 is 21.8. The van der Waals surface area contributed by atoms with E-state index in [1.165, 1.54) is 11.6 Å². The molecule has 2 aromatic heterocycles. The molecule has 0 radical (unpaired) electrons. The summed E-state index contributed by atoms with van der Waals surface area (Å²) in [7, 11) is 0. The van der Waals surface area contributed by atoms with E-state index in [0.717, 1.165) is 41.5 Å². The highest BCUT2D eigenvalue weighted by molar-refractivity contribution is 5.93. The van der Waals surface area contributed by atoms with Crippen LogP contribution in [0.2, 0.25) is 0 Å². The van der Waals surface area contributed by atoms with E-state index in [0.29, 0.717) is 40.9 Å². The van der Waals surface area contributed by atoms with Crippen molar-refractivity contribution in [3.8, 4) is 11.4 Å². The third-order valence-corrected chi connectivity index (χ3v) is 7.73. The quantitative estimate of drug-likeness (QED) is 0.352. The molecule has 0 spiro atoms. The van der Waals surface area contributed by atoms with Crippen LogP contribution in [-0.4, -0.2) is 15.5 Å². The Bertz CT molecular complexity index is 1450. The number of fused-ring (bicyclic) bond motifs is 5. The van der Waals surface area contributed by atoms with Crippen LogP contribution in [-0.2, 0) is 40.9 Å². The molecule has 3 aromatic rings. The first-order valence-corrected chi connectivity index (χ1v) is 11.1. The highest BCUT2D eigenvalue weighted by Gasteiger charge is 2.45. The highest BCUT2D eigenvalue weighted by Crippen LogP contribution is 2.43. The monoisotopic (exact) mass is 430 g/mol. The Labute approximate surface area is 184 Å². The number of hydrogen-bond donors (Lipinski definition) is 0. The van der Waals surface area contributed by atoms with Gasteiger partial charge >= 0.3 is 5.97 Å². The summed E-state index contributed by atoms with van der Waals surface area (Å²) in [6, 6.07) is 3.42. The van der Waals surface area contributed by atoms with E-state index >= 15 is 0 Å². The second kappa shape index (κ2) is 6.37. The molecular formula is C26H23FN2O3. The zero-order chi connectivity index (χ0) is 22.4. The van der Waals surface area contributed by atoms with Crippen LogP contribution in [0.15, 0.2) is 29.6 Å². The summed E-state index contributed by atoms with van der Waals surface area (Å²) in [6.45, 7) is 8.00. The minimum atomic E-state index is -1.05. The van der Waals surface area contributed by atoms with Gasteiger partial charge in [-0.3, -0.25) is 9.59 Å². The van der Waals surface area contributed by atoms with E-state index in [1.807, 2.05) is 19.9 Å². The zero-order valence-corrected chi connectivity index (χ0v) is 18.2. The average Bonchev–Trinajstić information content (AvgIpc) is 3.17. The second-order valence-corrected chi connectivity index (χ2v) is 9.05. The van der Waals surface area contributed by atoms with Crippen LogP contribution in [0.5, 0.6) is 0 Å². The molecule has 1 aromatic carbocycles. The number of aryl methyl sites for hydroxylation is 2. The van der Waals surface area contributed by atoms with Crippen LogP contribution in [0.25, 0.3) is 22.3 Å². The smallest absolute Gasteiger partial charge is 0.320 e. The molecule has 1 aliphatic carbocycles. The van der Waals surface area contributed by atoms with Crippen LogP contribution in [0.1, 0.15) is 53.1 Å². The molecular weight excluding hydrogens is 407 g/mol. The lowest BCUT2D eigenvalue weighted by molar-refractivity contribution is -0.152. The molecule has 5 nitrogen and oxygen atoms in total. The number of ether oxygens (including phenoxy) is 1. The molecule has 4 heterocycles. The number of rotatable bonds is 2. The predicted molar refractivity (Wildman–Crippen MR) is 119 cm³/mol. The van der Waals surface area contributed by atoms with E-state index in [4.69, 9.17) is 9.72 Å². The van der Waals surface area contributed by atoms with Crippen molar-refractivity contribution in [1.82, 2.24) is 9.55 Å². The molecule has 6 rings (SSSR count). The van der Waals surface area contributed by atoms with Gasteiger partial charge in [-0.15, -0.1) is 6.58 Å². The first-order chi connectivity index (χ1) is 15.4. The Morgan fingerprint density at radius 2 is 2.00 bits per heavy atom. The molecule has 0 N–H and O–H groups in total. The number of benzene rings is 1. The number of pyridine rings is 2. The summed E-state index contributed by atoms with van der Waals surface area (Å²) in [4.78, 5) is 31.1. The van der Waals surface area contributed by atoms with Crippen molar-refractivity contribution in [1.29, 1.82) is 0 Å². The predicted octanol–water partition coefficient (Wildman–Crippen LogP) is 4.25. The van der Waals surface area contributed by atoms with Gasteiger partial charge in [0.15, 0.2) is 0 Å². The van der Waals surface area contributed by atoms with Gasteiger partial charge in [0, 0.05) is 17.0 Å². The SMILES string of the molecule is C=C[C@]1(CC)C(=O)OCc2c1cc1n(c2=O)Cc2c-1nc1cc(F)c(C)c3c1c2CCC3. The number of carbonyl (C=O) groups is 1. The molecule has 0 fully saturated rings. The molecule has 0 saturated carbocycles. The number of aromatic nitrogens is 2. The third-order valence-electron chi connectivity index (χ3n) is 7.73. The number of carbonyl (C=O) groups excluding carboxylic acids is 1. The van der Waals surface area contributed by atoms with Crippen molar-refractivity contribution >= 4 is 16.9 Å². The third kappa shape index (κ3) is 2.20. The van der Waals surface area contributed by atoms with E-state index in [9.17, 15) is 14.0 Å². The van der Waals surface area contributed by atoms with Crippen molar-refractivity contribution in [2.24, 2.45) is 0 Å². The van der Waals surface area contributed by atoms with Gasteiger partial charge in [-0.2, -0.15) is 0 Å². The highest BCUT2D eigenvalue weighted by atomic mass is 19.1. The van der Waals surface area contributed by atoms with Crippen molar-refractivity contribution in [2.45, 2.75) is 58.1 Å². The van der Waals surface area contributed by atoms with Crippen molar-refractivity contribution in [3.63, 3.8) is 0 Å². The molecule has 0 unspecified atom stereocenters. The molecule has 0 amide bonds. The summed E-state index contributed by atoms with van der Waals surface area (Å²) in [6.07, 6.45) is 4.70. The van der Waals surface area contributed by atoms with Crippen LogP contribution in [0.4, 0.5) is 4.39 Å². The van der Waals surface area contributed by atoms with Crippen LogP contribution in [0.3, 0.4) is 0 Å². The number of halogens is 1. The van der Waals surface area contributed by atoms with Gasteiger partial charge in [0.25, 0.3) is 5.56 Å². The van der Waals surface area contributed by atoms with Crippen molar-refractivity contribution < 1.29 is 13.9 Å². The number of nitrogens with zero attached hydrogens (tertiary/aromatic N) is 2. The fourth-order valence-electron chi connectivity index (χ4n) is 5.89. The van der Waals surface area contributed by atoms with Crippen molar-refractivity contribution in [2.75, 3.05) is 0 Å². The first kappa shape index (κ1) is 19.4. The molecule has 1 atom stereocenters. The van der Waals surface area contributed by atoms with Crippen molar-refractivity contribution in [3.05, 3.63) is 74.3 Å². The number of cyclic esters (lactones) is 1. The van der Waals surface area contributed by atoms with Crippen LogP contribution in [0, 0.1) is 12.7 Å². The lowest BCUT2D eigenvalue weighted by Crippen LogP contribution is -2.43. The number of hydrogen-bond acceptors (Lipinski definition) is 4. The first-order valence-electron chi connectivity index (χ1n) is 11.1. The minimum absolute atomic E-state index is 0.0317. The molecule has 32 heavy (non-hydrogen) atoms. The standard InChI is InChI=1S/C26H23FN2O3/c1-4-26(5-2)18-9-21-23-16(11-29(21)24(30)17(18)12-32-25(26)31)15-8-6-7-14-13(3)19(27)10-20(28-23)22(14)15/h4,9-10H,1,5-8,11-12H2,2-3H3/t26-/m1/s1. The molecule has 6 heteroatoms. The van der Waals surface area contributed by atoms with Gasteiger partial charge in [-0.05, 0) is 60.9 Å². The van der Waals surface area contributed by atoms with Gasteiger partial charge < -0.3 is 9.30 Å². The molecule has 3 aliphatic rings. The lowest BCUT2D eigenvalue weighted by Gasteiger charge is -2.33. The fraction of sp³-hybridized carbons (Fsp3) is 0.346. The van der Waals surface area contributed by atoms with Gasteiger partial charge in [0.1, 0.15) is 17.8 Å². The minimum Gasteiger partial charge on any atom is -0.460 e. The maximum absolute atomic E-state index is 14.7. The lowest BCUT2D eigenvalue weighted by atomic mass is 9.75. The van der Waals surface area contributed by atoms with Gasteiger partial charge in [-0.1, -0.05) is 13.0 Å². The van der Waals surface area contributed by atoms with Crippen LogP contribution >= 0.6 is 0 Å². The van der Waals surface area contributed by atoms with E-state index in [-0.39, 0.29) is 24.0 Å². The number of esters is 1. The molecule has 162 valence electrons. The maximum Gasteiger partial charge on any atom is 0.320 e. The zero-order valence-electron chi connectivity index (χ0n) is 18.2. The largest absolute Gasteiger partial charge is 0.460 e. The summed E-state index contributed by atoms with van der Waals surface area (Å²) >= 11 is 0. The topological polar surface area (TPSA) is 61.2 Å². The van der Waals surface area contributed by atoms with Crippen LogP contribution < -0.4 is 5.56 Å². The summed E-state index contributed by atoms with van der Waals surface area (Å²) in [5, 5.41) is 1.05. The average molecular weight is 430 g/mol. The van der Waals surface area contributed by atoms with Gasteiger partial charge in [0.2, 0.25) is 0 Å². The van der Waals surface area contributed by atoms with Gasteiger partial charge in [0.05, 0.1) is 29.0 Å². The Hall–Kier alpha value is -3.28. The molecule has 0 bridgehead atoms. The summed E-state index contributed by atoms with van der Waals surface area (Å²) in [5.41, 5.74) is 5.94. The Balaban J connectivity index is 1.69. The van der Waals surface area contributed by atoms with E-state index in [2.05, 4.69) is 6.58 Å². The molecule has 2 aliphatic heterocycles. The normalized spacial score (nSPS) is 20.5. The van der Waals surface area contributed by atoms with Gasteiger partial charge in [-0.25, -0.2) is 9.37 Å². The van der Waals surface area contributed by atoms with E-state index in [1.54, 1.807) is 10.6 Å².